The number of benzene rings is 2. The van der Waals surface area contributed by atoms with Gasteiger partial charge in [0.2, 0.25) is 0 Å². The molecule has 2 aliphatic rings. The minimum absolute atomic E-state index is 0.264. The van der Waals surface area contributed by atoms with Crippen molar-refractivity contribution in [2.45, 2.75) is 12.6 Å². The molecule has 0 atom stereocenters. The summed E-state index contributed by atoms with van der Waals surface area (Å²) in [6.07, 6.45) is 6.62. The predicted molar refractivity (Wildman–Crippen MR) is 101 cm³/mol. The Morgan fingerprint density at radius 2 is 1.26 bits per heavy atom. The zero-order valence-electron chi connectivity index (χ0n) is 14.8. The molecule has 2 aliphatic heterocycles. The van der Waals surface area contributed by atoms with E-state index in [1.165, 1.54) is 0 Å². The number of hydrogen-bond donors (Lipinski definition) is 0. The maximum Gasteiger partial charge on any atom is 0.177 e. The van der Waals surface area contributed by atoms with Crippen LogP contribution >= 0.6 is 0 Å². The van der Waals surface area contributed by atoms with Crippen LogP contribution in [0.15, 0.2) is 54.6 Å². The van der Waals surface area contributed by atoms with Crippen LogP contribution in [0, 0.1) is 5.82 Å². The molecule has 4 rings (SSSR count). The van der Waals surface area contributed by atoms with Crippen LogP contribution in [0.2, 0.25) is 0 Å². The van der Waals surface area contributed by atoms with Gasteiger partial charge in [-0.2, -0.15) is 0 Å². The lowest BCUT2D eigenvalue weighted by atomic mass is 10.0. The highest BCUT2D eigenvalue weighted by molar-refractivity contribution is 5.67. The van der Waals surface area contributed by atoms with Gasteiger partial charge in [-0.1, -0.05) is 48.6 Å². The summed E-state index contributed by atoms with van der Waals surface area (Å²) in [5, 5.41) is 0. The third-order valence-corrected chi connectivity index (χ3v) is 4.42. The van der Waals surface area contributed by atoms with E-state index in [9.17, 15) is 4.39 Å². The van der Waals surface area contributed by atoms with Crippen LogP contribution in [-0.4, -0.2) is 39.0 Å². The number of ether oxygens (including phenoxy) is 4. The highest BCUT2D eigenvalue weighted by atomic mass is 19.1. The summed E-state index contributed by atoms with van der Waals surface area (Å²) < 4.78 is 35.8. The lowest BCUT2D eigenvalue weighted by Crippen LogP contribution is -2.01. The summed E-state index contributed by atoms with van der Waals surface area (Å²) in [5.74, 6) is -0.277. The van der Waals surface area contributed by atoms with Crippen molar-refractivity contribution in [1.29, 1.82) is 0 Å². The fraction of sp³-hybridized carbons (Fsp3) is 0.273. The van der Waals surface area contributed by atoms with Crippen molar-refractivity contribution in [3.8, 4) is 11.1 Å². The summed E-state index contributed by atoms with van der Waals surface area (Å²) in [7, 11) is 0. The smallest absolute Gasteiger partial charge is 0.177 e. The zero-order valence-corrected chi connectivity index (χ0v) is 14.8. The molecule has 2 fully saturated rings. The first-order chi connectivity index (χ1) is 13.3. The van der Waals surface area contributed by atoms with Gasteiger partial charge in [0.05, 0.1) is 26.4 Å². The van der Waals surface area contributed by atoms with Gasteiger partial charge in [0.15, 0.2) is 12.6 Å². The van der Waals surface area contributed by atoms with Crippen LogP contribution in [0.5, 0.6) is 0 Å². The molecular weight excluding hydrogens is 347 g/mol. The Balaban J connectivity index is 1.44. The van der Waals surface area contributed by atoms with Crippen molar-refractivity contribution in [2.75, 3.05) is 26.4 Å². The standard InChI is InChI=1S/C22H21FO4/c23-20-15-19(7-6-18(20)8-10-22-26-13-14-27-22)17-4-1-16(2-5-17)3-9-21-24-11-12-25-21/h1-10,15,21-22H,11-14H2/b9-3+,10-8+. The topological polar surface area (TPSA) is 36.9 Å². The minimum Gasteiger partial charge on any atom is -0.347 e. The molecule has 4 nitrogen and oxygen atoms in total. The molecule has 0 bridgehead atoms. The lowest BCUT2D eigenvalue weighted by molar-refractivity contribution is -0.00116. The Morgan fingerprint density at radius 1 is 0.704 bits per heavy atom. The third kappa shape index (κ3) is 4.70. The quantitative estimate of drug-likeness (QED) is 0.790. The molecule has 0 aromatic heterocycles. The van der Waals surface area contributed by atoms with E-state index in [4.69, 9.17) is 18.9 Å². The van der Waals surface area contributed by atoms with Gasteiger partial charge in [0, 0.05) is 5.56 Å². The largest absolute Gasteiger partial charge is 0.347 e. The summed E-state index contributed by atoms with van der Waals surface area (Å²) in [6.45, 7) is 2.40. The van der Waals surface area contributed by atoms with Gasteiger partial charge in [-0.15, -0.1) is 0 Å². The van der Waals surface area contributed by atoms with Gasteiger partial charge in [0.1, 0.15) is 5.82 Å². The van der Waals surface area contributed by atoms with E-state index in [1.54, 1.807) is 24.3 Å². The number of hydrogen-bond acceptors (Lipinski definition) is 4. The van der Waals surface area contributed by atoms with E-state index >= 15 is 0 Å². The third-order valence-electron chi connectivity index (χ3n) is 4.42. The van der Waals surface area contributed by atoms with Crippen LogP contribution in [0.4, 0.5) is 4.39 Å². The number of rotatable bonds is 5. The normalized spacial score (nSPS) is 19.0. The van der Waals surface area contributed by atoms with Gasteiger partial charge in [-0.3, -0.25) is 0 Å². The molecule has 2 saturated heterocycles. The summed E-state index contributed by atoms with van der Waals surface area (Å²) >= 11 is 0. The monoisotopic (exact) mass is 368 g/mol. The first kappa shape index (κ1) is 18.1. The molecule has 0 saturated carbocycles. The maximum atomic E-state index is 14.4. The predicted octanol–water partition coefficient (Wildman–Crippen LogP) is 4.26. The van der Waals surface area contributed by atoms with Crippen LogP contribution < -0.4 is 0 Å². The molecule has 0 aliphatic carbocycles. The fourth-order valence-electron chi connectivity index (χ4n) is 2.98. The van der Waals surface area contributed by atoms with Crippen molar-refractivity contribution >= 4 is 12.2 Å². The summed E-state index contributed by atoms with van der Waals surface area (Å²) in [6, 6.07) is 13.1. The summed E-state index contributed by atoms with van der Waals surface area (Å²) in [5.41, 5.74) is 3.33. The van der Waals surface area contributed by atoms with Gasteiger partial charge in [-0.25, -0.2) is 4.39 Å². The van der Waals surface area contributed by atoms with Crippen molar-refractivity contribution in [3.63, 3.8) is 0 Å². The van der Waals surface area contributed by atoms with Crippen LogP contribution in [0.3, 0.4) is 0 Å². The SMILES string of the molecule is Fc1cc(-c2ccc(/C=C/C3OCCO3)cc2)ccc1/C=C/C1OCCO1. The second-order valence-electron chi connectivity index (χ2n) is 6.30. The van der Waals surface area contributed by atoms with Crippen LogP contribution in [-0.2, 0) is 18.9 Å². The fourth-order valence-corrected chi connectivity index (χ4v) is 2.98. The lowest BCUT2D eigenvalue weighted by Gasteiger charge is -2.06. The average Bonchev–Trinajstić information content (AvgIpc) is 3.40. The second kappa shape index (κ2) is 8.59. The van der Waals surface area contributed by atoms with Gasteiger partial charge < -0.3 is 18.9 Å². The van der Waals surface area contributed by atoms with E-state index in [2.05, 4.69) is 0 Å². The first-order valence-electron chi connectivity index (χ1n) is 9.01. The van der Waals surface area contributed by atoms with Crippen molar-refractivity contribution in [2.24, 2.45) is 0 Å². The Bertz CT molecular complexity index is 817. The minimum atomic E-state index is -0.385. The molecule has 5 heteroatoms. The van der Waals surface area contributed by atoms with E-state index < -0.39 is 0 Å². The molecule has 140 valence electrons. The average molecular weight is 368 g/mol. The summed E-state index contributed by atoms with van der Waals surface area (Å²) in [4.78, 5) is 0. The molecule has 0 amide bonds. The van der Waals surface area contributed by atoms with Crippen molar-refractivity contribution in [3.05, 3.63) is 71.6 Å². The Kier molecular flexibility index (Phi) is 5.75. The Hall–Kier alpha value is -2.31. The Morgan fingerprint density at radius 3 is 1.85 bits per heavy atom. The zero-order chi connectivity index (χ0) is 18.5. The molecule has 0 radical (unpaired) electrons. The van der Waals surface area contributed by atoms with E-state index in [-0.39, 0.29) is 18.4 Å². The van der Waals surface area contributed by atoms with E-state index in [0.29, 0.717) is 32.0 Å². The van der Waals surface area contributed by atoms with E-state index in [1.807, 2.05) is 42.5 Å². The van der Waals surface area contributed by atoms with Crippen molar-refractivity contribution < 1.29 is 23.3 Å². The first-order valence-corrected chi connectivity index (χ1v) is 9.01. The van der Waals surface area contributed by atoms with E-state index in [0.717, 1.165) is 16.7 Å². The molecule has 0 spiro atoms. The van der Waals surface area contributed by atoms with Crippen LogP contribution in [0.1, 0.15) is 11.1 Å². The van der Waals surface area contributed by atoms with Crippen LogP contribution in [0.25, 0.3) is 23.3 Å². The van der Waals surface area contributed by atoms with Crippen molar-refractivity contribution in [1.82, 2.24) is 0 Å². The molecule has 2 aromatic carbocycles. The second-order valence-corrected chi connectivity index (χ2v) is 6.30. The molecule has 27 heavy (non-hydrogen) atoms. The maximum absolute atomic E-state index is 14.4. The van der Waals surface area contributed by atoms with Gasteiger partial charge in [0.25, 0.3) is 0 Å². The highest BCUT2D eigenvalue weighted by Gasteiger charge is 2.13. The molecular formula is C22H21FO4. The highest BCUT2D eigenvalue weighted by Crippen LogP contribution is 2.24. The molecule has 2 aromatic rings. The Labute approximate surface area is 157 Å². The number of halogens is 1. The molecule has 0 N–H and O–H groups in total. The van der Waals surface area contributed by atoms with Gasteiger partial charge in [-0.05, 0) is 34.9 Å². The molecule has 2 heterocycles. The molecule has 0 unspecified atom stereocenters. The van der Waals surface area contributed by atoms with Gasteiger partial charge >= 0.3 is 0 Å².